The first-order chi connectivity index (χ1) is 10.0. The Kier molecular flexibility index (Phi) is 4.48. The lowest BCUT2D eigenvalue weighted by Gasteiger charge is -2.07. The van der Waals surface area contributed by atoms with E-state index in [0.29, 0.717) is 12.0 Å². The van der Waals surface area contributed by atoms with Crippen molar-refractivity contribution in [3.63, 3.8) is 0 Å². The van der Waals surface area contributed by atoms with Crippen LogP contribution in [0, 0.1) is 6.92 Å². The summed E-state index contributed by atoms with van der Waals surface area (Å²) in [7, 11) is 0. The summed E-state index contributed by atoms with van der Waals surface area (Å²) in [4.78, 5) is 6.39. The molecular formula is C17H21BrN2S. The van der Waals surface area contributed by atoms with E-state index in [-0.39, 0.29) is 0 Å². The zero-order valence-electron chi connectivity index (χ0n) is 12.7. The van der Waals surface area contributed by atoms with Gasteiger partial charge < -0.3 is 5.32 Å². The molecule has 1 fully saturated rings. The smallest absolute Gasteiger partial charge is 0.124 e. The molecular weight excluding hydrogens is 344 g/mol. The molecule has 1 N–H and O–H groups in total. The highest BCUT2D eigenvalue weighted by atomic mass is 79.9. The first-order valence-electron chi connectivity index (χ1n) is 7.54. The molecule has 0 unspecified atom stereocenters. The lowest BCUT2D eigenvalue weighted by molar-refractivity contribution is 0.590. The minimum atomic E-state index is 0.511. The lowest BCUT2D eigenvalue weighted by atomic mass is 10.1. The zero-order valence-corrected chi connectivity index (χ0v) is 15.1. The zero-order chi connectivity index (χ0) is 15.0. The van der Waals surface area contributed by atoms with Crippen LogP contribution in [0.15, 0.2) is 22.7 Å². The van der Waals surface area contributed by atoms with E-state index in [2.05, 4.69) is 60.2 Å². The Bertz CT molecular complexity index is 644. The maximum absolute atomic E-state index is 4.97. The fourth-order valence-electron chi connectivity index (χ4n) is 2.44. The Morgan fingerprint density at radius 1 is 1.38 bits per heavy atom. The number of nitrogens with one attached hydrogen (secondary N) is 1. The number of hydrogen-bond donors (Lipinski definition) is 1. The number of hydrogen-bond acceptors (Lipinski definition) is 3. The standard InChI is InChI=1S/C17H21BrN2S/c1-10(2)19-9-15-16(12-4-5-12)20-17(21-15)14-7-6-13(18)8-11(14)3/h6-8,10,12,19H,4-5,9H2,1-3H3. The van der Waals surface area contributed by atoms with Crippen LogP contribution in [0.4, 0.5) is 0 Å². The van der Waals surface area contributed by atoms with Gasteiger partial charge in [-0.25, -0.2) is 4.98 Å². The van der Waals surface area contributed by atoms with Crippen molar-refractivity contribution in [3.05, 3.63) is 38.8 Å². The third kappa shape index (κ3) is 3.55. The van der Waals surface area contributed by atoms with E-state index in [1.54, 1.807) is 0 Å². The van der Waals surface area contributed by atoms with E-state index >= 15 is 0 Å². The molecule has 0 amide bonds. The van der Waals surface area contributed by atoms with Crippen LogP contribution in [0.1, 0.15) is 48.7 Å². The highest BCUT2D eigenvalue weighted by molar-refractivity contribution is 9.10. The molecule has 0 saturated heterocycles. The molecule has 21 heavy (non-hydrogen) atoms. The molecule has 0 spiro atoms. The van der Waals surface area contributed by atoms with Gasteiger partial charge in [0.15, 0.2) is 0 Å². The molecule has 112 valence electrons. The molecule has 2 aromatic rings. The molecule has 1 aromatic carbocycles. The Hall–Kier alpha value is -0.710. The van der Waals surface area contributed by atoms with Crippen LogP contribution in [0.3, 0.4) is 0 Å². The number of benzene rings is 1. The molecule has 1 aliphatic rings. The van der Waals surface area contributed by atoms with Crippen LogP contribution in [0.25, 0.3) is 10.6 Å². The van der Waals surface area contributed by atoms with Gasteiger partial charge in [0.1, 0.15) is 5.01 Å². The summed E-state index contributed by atoms with van der Waals surface area (Å²) in [5.41, 5.74) is 3.88. The van der Waals surface area contributed by atoms with Crippen molar-refractivity contribution in [1.29, 1.82) is 0 Å². The predicted molar refractivity (Wildman–Crippen MR) is 93.9 cm³/mol. The van der Waals surface area contributed by atoms with Crippen molar-refractivity contribution in [1.82, 2.24) is 10.3 Å². The van der Waals surface area contributed by atoms with Crippen LogP contribution in [0.5, 0.6) is 0 Å². The van der Waals surface area contributed by atoms with Crippen molar-refractivity contribution in [3.8, 4) is 10.6 Å². The van der Waals surface area contributed by atoms with Gasteiger partial charge >= 0.3 is 0 Å². The fraction of sp³-hybridized carbons (Fsp3) is 0.471. The molecule has 0 radical (unpaired) electrons. The van der Waals surface area contributed by atoms with E-state index < -0.39 is 0 Å². The second-order valence-electron chi connectivity index (χ2n) is 6.10. The summed E-state index contributed by atoms with van der Waals surface area (Å²) >= 11 is 5.39. The van der Waals surface area contributed by atoms with Gasteiger partial charge in [0.25, 0.3) is 0 Å². The van der Waals surface area contributed by atoms with Gasteiger partial charge in [0.2, 0.25) is 0 Å². The number of thiazole rings is 1. The van der Waals surface area contributed by atoms with Gasteiger partial charge in [-0.05, 0) is 37.5 Å². The van der Waals surface area contributed by atoms with E-state index in [4.69, 9.17) is 4.98 Å². The monoisotopic (exact) mass is 364 g/mol. The van der Waals surface area contributed by atoms with Crippen LogP contribution >= 0.6 is 27.3 Å². The van der Waals surface area contributed by atoms with Crippen LogP contribution < -0.4 is 5.32 Å². The van der Waals surface area contributed by atoms with E-state index in [9.17, 15) is 0 Å². The van der Waals surface area contributed by atoms with E-state index in [0.717, 1.165) is 11.0 Å². The lowest BCUT2D eigenvalue weighted by Crippen LogP contribution is -2.21. The van der Waals surface area contributed by atoms with Gasteiger partial charge in [-0.1, -0.05) is 35.8 Å². The number of nitrogens with zero attached hydrogens (tertiary/aromatic N) is 1. The molecule has 3 rings (SSSR count). The Morgan fingerprint density at radius 2 is 2.14 bits per heavy atom. The summed E-state index contributed by atoms with van der Waals surface area (Å²) < 4.78 is 1.13. The minimum Gasteiger partial charge on any atom is -0.310 e. The quantitative estimate of drug-likeness (QED) is 0.782. The molecule has 1 aliphatic carbocycles. The topological polar surface area (TPSA) is 24.9 Å². The Labute approximate surface area is 139 Å². The fourth-order valence-corrected chi connectivity index (χ4v) is 4.11. The number of aryl methyl sites for hydroxylation is 1. The SMILES string of the molecule is Cc1cc(Br)ccc1-c1nc(C2CC2)c(CNC(C)C)s1. The Balaban J connectivity index is 1.93. The molecule has 1 heterocycles. The van der Waals surface area contributed by atoms with Crippen LogP contribution in [0.2, 0.25) is 0 Å². The molecule has 1 saturated carbocycles. The van der Waals surface area contributed by atoms with Crippen LogP contribution in [-0.2, 0) is 6.54 Å². The molecule has 0 bridgehead atoms. The second kappa shape index (κ2) is 6.19. The van der Waals surface area contributed by atoms with Gasteiger partial charge in [-0.2, -0.15) is 0 Å². The summed E-state index contributed by atoms with van der Waals surface area (Å²) in [6, 6.07) is 6.96. The molecule has 0 aliphatic heterocycles. The van der Waals surface area contributed by atoms with E-state index in [1.807, 2.05) is 11.3 Å². The van der Waals surface area contributed by atoms with Crippen molar-refractivity contribution < 1.29 is 0 Å². The summed E-state index contributed by atoms with van der Waals surface area (Å²) in [5.74, 6) is 0.703. The Morgan fingerprint density at radius 3 is 2.76 bits per heavy atom. The molecule has 0 atom stereocenters. The average Bonchev–Trinajstić information content (AvgIpc) is 3.17. The van der Waals surface area contributed by atoms with Gasteiger partial charge in [0.05, 0.1) is 5.69 Å². The highest BCUT2D eigenvalue weighted by Gasteiger charge is 2.29. The number of rotatable bonds is 5. The maximum atomic E-state index is 4.97. The summed E-state index contributed by atoms with van der Waals surface area (Å²) in [6.07, 6.45) is 2.61. The van der Waals surface area contributed by atoms with Crippen molar-refractivity contribution >= 4 is 27.3 Å². The largest absolute Gasteiger partial charge is 0.310 e. The van der Waals surface area contributed by atoms with Crippen LogP contribution in [-0.4, -0.2) is 11.0 Å². The van der Waals surface area contributed by atoms with Gasteiger partial charge in [0, 0.05) is 33.4 Å². The van der Waals surface area contributed by atoms with Gasteiger partial charge in [-0.15, -0.1) is 11.3 Å². The predicted octanol–water partition coefficient (Wildman–Crippen LogP) is 5.26. The van der Waals surface area contributed by atoms with Gasteiger partial charge in [-0.3, -0.25) is 0 Å². The molecule has 2 nitrogen and oxygen atoms in total. The molecule has 4 heteroatoms. The first kappa shape index (κ1) is 15.2. The van der Waals surface area contributed by atoms with Crippen molar-refractivity contribution in [2.24, 2.45) is 0 Å². The number of halogens is 1. The summed E-state index contributed by atoms with van der Waals surface area (Å²) in [5, 5.41) is 4.71. The normalized spacial score (nSPS) is 14.9. The minimum absolute atomic E-state index is 0.511. The summed E-state index contributed by atoms with van der Waals surface area (Å²) in [6.45, 7) is 7.48. The first-order valence-corrected chi connectivity index (χ1v) is 9.15. The maximum Gasteiger partial charge on any atom is 0.124 e. The second-order valence-corrected chi connectivity index (χ2v) is 8.10. The third-order valence-electron chi connectivity index (χ3n) is 3.78. The number of aromatic nitrogens is 1. The highest BCUT2D eigenvalue weighted by Crippen LogP contribution is 2.44. The molecule has 1 aromatic heterocycles. The average molecular weight is 365 g/mol. The van der Waals surface area contributed by atoms with E-state index in [1.165, 1.54) is 39.5 Å². The van der Waals surface area contributed by atoms with Crippen molar-refractivity contribution in [2.45, 2.75) is 52.1 Å². The third-order valence-corrected chi connectivity index (χ3v) is 5.38. The van der Waals surface area contributed by atoms with Crippen molar-refractivity contribution in [2.75, 3.05) is 0 Å².